The van der Waals surface area contributed by atoms with Crippen molar-refractivity contribution in [3.05, 3.63) is 59.4 Å². The average molecular weight is 387 g/mol. The van der Waals surface area contributed by atoms with Crippen LogP contribution in [0.3, 0.4) is 0 Å². The number of amides is 1. The number of carbonyl (C=O) groups excluding carboxylic acids is 1. The molecule has 0 unspecified atom stereocenters. The third-order valence-corrected chi connectivity index (χ3v) is 4.84. The van der Waals surface area contributed by atoms with Gasteiger partial charge in [-0.15, -0.1) is 0 Å². The Hall–Kier alpha value is -2.48. The summed E-state index contributed by atoms with van der Waals surface area (Å²) in [5.74, 6) is 0.122. The molecule has 0 atom stereocenters. The first-order valence-corrected chi connectivity index (χ1v) is 9.49. The van der Waals surface area contributed by atoms with Crippen LogP contribution in [0.25, 0.3) is 0 Å². The fourth-order valence-electron chi connectivity index (χ4n) is 3.25. The number of β-amino-alcohol motifs (C(OH)–C–C–N with tert-alkyl or cyclic N) is 1. The molecule has 28 heavy (non-hydrogen) atoms. The molecule has 2 aromatic rings. The molecule has 0 radical (unpaired) electrons. The van der Waals surface area contributed by atoms with E-state index in [4.69, 9.17) is 15.6 Å². The van der Waals surface area contributed by atoms with E-state index in [1.54, 1.807) is 4.90 Å². The van der Waals surface area contributed by atoms with Gasteiger partial charge in [0.05, 0.1) is 12.2 Å². The number of aliphatic hydroxyl groups excluding tert-OH is 1. The number of nitrogens with two attached hydrogens (primary N) is 1. The van der Waals surface area contributed by atoms with Crippen LogP contribution >= 0.6 is 0 Å². The van der Waals surface area contributed by atoms with Crippen LogP contribution in [0.15, 0.2) is 42.5 Å². The third kappa shape index (κ3) is 5.07. The number of aliphatic hydroxyl groups is 1. The molecular formula is C21H26FN3O3. The van der Waals surface area contributed by atoms with Crippen molar-refractivity contribution in [1.82, 2.24) is 9.80 Å². The van der Waals surface area contributed by atoms with Gasteiger partial charge in [0.15, 0.2) is 0 Å². The fourth-order valence-corrected chi connectivity index (χ4v) is 3.25. The molecule has 0 aromatic heterocycles. The summed E-state index contributed by atoms with van der Waals surface area (Å²) in [6.07, 6.45) is 0.793. The number of ether oxygens (including phenoxy) is 1. The van der Waals surface area contributed by atoms with Crippen LogP contribution in [0.4, 0.5) is 4.39 Å². The van der Waals surface area contributed by atoms with Crippen molar-refractivity contribution < 1.29 is 19.0 Å². The van der Waals surface area contributed by atoms with Gasteiger partial charge in [-0.2, -0.15) is 0 Å². The zero-order valence-corrected chi connectivity index (χ0v) is 15.8. The highest BCUT2D eigenvalue weighted by molar-refractivity contribution is 5.95. The van der Waals surface area contributed by atoms with Crippen molar-refractivity contribution >= 4 is 5.91 Å². The highest BCUT2D eigenvalue weighted by atomic mass is 19.1. The fraction of sp³-hybridized carbons (Fsp3) is 0.381. The molecule has 0 bridgehead atoms. The van der Waals surface area contributed by atoms with Gasteiger partial charge < -0.3 is 20.5 Å². The first-order chi connectivity index (χ1) is 13.6. The highest BCUT2D eigenvalue weighted by Crippen LogP contribution is 2.25. The molecule has 2 aromatic carbocycles. The number of carbonyl (C=O) groups is 1. The summed E-state index contributed by atoms with van der Waals surface area (Å²) in [6.45, 7) is 3.60. The minimum absolute atomic E-state index is 0.00728. The van der Waals surface area contributed by atoms with Gasteiger partial charge in [0.2, 0.25) is 0 Å². The summed E-state index contributed by atoms with van der Waals surface area (Å²) in [5.41, 5.74) is 6.67. The summed E-state index contributed by atoms with van der Waals surface area (Å²) in [5, 5.41) is 9.01. The maximum atomic E-state index is 14.3. The molecule has 1 heterocycles. The molecular weight excluding hydrogens is 361 g/mol. The standard InChI is InChI=1S/C21H26FN3O3/c22-20-6-5-18(28-17-3-1-16(2-4-17)7-8-23)15-19(20)21(27)25-11-9-24(10-12-25)13-14-26/h1-6,15,26H,7-14,23H2. The lowest BCUT2D eigenvalue weighted by Crippen LogP contribution is -2.49. The number of benzene rings is 2. The van der Waals surface area contributed by atoms with Gasteiger partial charge in [-0.1, -0.05) is 12.1 Å². The van der Waals surface area contributed by atoms with Gasteiger partial charge in [-0.05, 0) is 48.9 Å². The summed E-state index contributed by atoms with van der Waals surface area (Å²) in [4.78, 5) is 16.5. The number of rotatable bonds is 7. The van der Waals surface area contributed by atoms with Gasteiger partial charge in [0.1, 0.15) is 17.3 Å². The Morgan fingerprint density at radius 3 is 2.39 bits per heavy atom. The van der Waals surface area contributed by atoms with E-state index in [9.17, 15) is 9.18 Å². The number of halogens is 1. The van der Waals surface area contributed by atoms with E-state index < -0.39 is 5.82 Å². The number of hydrogen-bond acceptors (Lipinski definition) is 5. The second kappa shape index (κ2) is 9.64. The lowest BCUT2D eigenvalue weighted by atomic mass is 10.1. The number of piperazine rings is 1. The molecule has 0 saturated carbocycles. The lowest BCUT2D eigenvalue weighted by Gasteiger charge is -2.34. The van der Waals surface area contributed by atoms with Crippen LogP contribution in [0, 0.1) is 5.82 Å². The molecule has 7 heteroatoms. The maximum Gasteiger partial charge on any atom is 0.257 e. The van der Waals surface area contributed by atoms with Crippen LogP contribution in [0.2, 0.25) is 0 Å². The third-order valence-electron chi connectivity index (χ3n) is 4.84. The van der Waals surface area contributed by atoms with Gasteiger partial charge in [-0.25, -0.2) is 4.39 Å². The quantitative estimate of drug-likeness (QED) is 0.758. The molecule has 0 aliphatic carbocycles. The number of nitrogens with zero attached hydrogens (tertiary/aromatic N) is 2. The molecule has 1 aliphatic rings. The van der Waals surface area contributed by atoms with E-state index in [2.05, 4.69) is 4.90 Å². The summed E-state index contributed by atoms with van der Waals surface area (Å²) < 4.78 is 20.1. The first-order valence-electron chi connectivity index (χ1n) is 9.49. The summed E-state index contributed by atoms with van der Waals surface area (Å²) in [6, 6.07) is 11.7. The smallest absolute Gasteiger partial charge is 0.257 e. The Morgan fingerprint density at radius 1 is 1.07 bits per heavy atom. The molecule has 1 saturated heterocycles. The number of hydrogen-bond donors (Lipinski definition) is 2. The van der Waals surface area contributed by atoms with Crippen molar-refractivity contribution in [1.29, 1.82) is 0 Å². The molecule has 1 fully saturated rings. The maximum absolute atomic E-state index is 14.3. The van der Waals surface area contributed by atoms with Crippen LogP contribution in [-0.2, 0) is 6.42 Å². The van der Waals surface area contributed by atoms with Gasteiger partial charge in [-0.3, -0.25) is 9.69 Å². The van der Waals surface area contributed by atoms with Crippen LogP contribution in [0.1, 0.15) is 15.9 Å². The van der Waals surface area contributed by atoms with Crippen LogP contribution in [0.5, 0.6) is 11.5 Å². The predicted molar refractivity (Wildman–Crippen MR) is 105 cm³/mol. The Kier molecular flexibility index (Phi) is 6.97. The molecule has 150 valence electrons. The van der Waals surface area contributed by atoms with Crippen molar-refractivity contribution in [2.24, 2.45) is 5.73 Å². The van der Waals surface area contributed by atoms with E-state index in [0.717, 1.165) is 12.0 Å². The first kappa shape index (κ1) is 20.3. The van der Waals surface area contributed by atoms with Crippen LogP contribution < -0.4 is 10.5 Å². The van der Waals surface area contributed by atoms with Gasteiger partial charge in [0.25, 0.3) is 5.91 Å². The molecule has 3 rings (SSSR count). The average Bonchev–Trinajstić information content (AvgIpc) is 2.71. The van der Waals surface area contributed by atoms with Gasteiger partial charge in [0, 0.05) is 32.7 Å². The molecule has 1 amide bonds. The minimum Gasteiger partial charge on any atom is -0.457 e. The van der Waals surface area contributed by atoms with E-state index in [-0.39, 0.29) is 18.1 Å². The van der Waals surface area contributed by atoms with E-state index in [1.807, 2.05) is 24.3 Å². The largest absolute Gasteiger partial charge is 0.457 e. The Morgan fingerprint density at radius 2 is 1.75 bits per heavy atom. The summed E-state index contributed by atoms with van der Waals surface area (Å²) in [7, 11) is 0. The minimum atomic E-state index is -0.562. The monoisotopic (exact) mass is 387 g/mol. The van der Waals surface area contributed by atoms with E-state index >= 15 is 0 Å². The molecule has 3 N–H and O–H groups in total. The SMILES string of the molecule is NCCc1ccc(Oc2ccc(F)c(C(=O)N3CCN(CCO)CC3)c2)cc1. The zero-order chi connectivity index (χ0) is 19.9. The zero-order valence-electron chi connectivity index (χ0n) is 15.8. The van der Waals surface area contributed by atoms with Crippen molar-refractivity contribution in [3.8, 4) is 11.5 Å². The molecule has 1 aliphatic heterocycles. The van der Waals surface area contributed by atoms with Crippen molar-refractivity contribution in [2.45, 2.75) is 6.42 Å². The van der Waals surface area contributed by atoms with E-state index in [0.29, 0.717) is 50.8 Å². The molecule has 6 nitrogen and oxygen atoms in total. The highest BCUT2D eigenvalue weighted by Gasteiger charge is 2.24. The second-order valence-corrected chi connectivity index (χ2v) is 6.78. The van der Waals surface area contributed by atoms with Crippen molar-refractivity contribution in [2.75, 3.05) is 45.9 Å². The topological polar surface area (TPSA) is 79.0 Å². The summed E-state index contributed by atoms with van der Waals surface area (Å²) >= 11 is 0. The normalized spacial score (nSPS) is 14.9. The molecule has 0 spiro atoms. The second-order valence-electron chi connectivity index (χ2n) is 6.78. The van der Waals surface area contributed by atoms with Gasteiger partial charge >= 0.3 is 0 Å². The van der Waals surface area contributed by atoms with Crippen molar-refractivity contribution in [3.63, 3.8) is 0 Å². The van der Waals surface area contributed by atoms with E-state index in [1.165, 1.54) is 18.2 Å². The Balaban J connectivity index is 1.68. The predicted octanol–water partition coefficient (Wildman–Crippen LogP) is 1.87. The Labute approximate surface area is 164 Å². The lowest BCUT2D eigenvalue weighted by molar-refractivity contribution is 0.0610. The van der Waals surface area contributed by atoms with Crippen LogP contribution in [-0.4, -0.2) is 66.7 Å². The Bertz CT molecular complexity index is 790.